The largest absolute Gasteiger partial charge is 0.491 e. The van der Waals surface area contributed by atoms with Crippen LogP contribution in [0.4, 0.5) is 5.69 Å². The van der Waals surface area contributed by atoms with Gasteiger partial charge in [0.05, 0.1) is 6.61 Å². The summed E-state index contributed by atoms with van der Waals surface area (Å²) in [6, 6.07) is 5.69. The number of rotatable bonds is 8. The zero-order chi connectivity index (χ0) is 12.5. The quantitative estimate of drug-likeness (QED) is 0.557. The van der Waals surface area contributed by atoms with Crippen molar-refractivity contribution in [2.24, 2.45) is 0 Å². The molecule has 0 aliphatic heterocycles. The first-order chi connectivity index (χ1) is 8.22. The second kappa shape index (κ2) is 7.92. The van der Waals surface area contributed by atoms with E-state index in [9.17, 15) is 0 Å². The van der Waals surface area contributed by atoms with Gasteiger partial charge in [0.15, 0.2) is 0 Å². The van der Waals surface area contributed by atoms with E-state index in [4.69, 9.17) is 19.9 Å². The number of aryl methyl sites for hydroxylation is 1. The first kappa shape index (κ1) is 13.8. The van der Waals surface area contributed by atoms with E-state index in [0.29, 0.717) is 19.8 Å². The summed E-state index contributed by atoms with van der Waals surface area (Å²) in [5.74, 6) is 0.794. The number of methoxy groups -OCH3 is 1. The number of nitrogens with two attached hydrogens (primary N) is 1. The molecule has 0 fully saturated rings. The van der Waals surface area contributed by atoms with Gasteiger partial charge in [-0.05, 0) is 31.0 Å². The number of hydrogen-bond acceptors (Lipinski definition) is 4. The topological polar surface area (TPSA) is 53.7 Å². The van der Waals surface area contributed by atoms with Crippen molar-refractivity contribution in [1.29, 1.82) is 0 Å². The molecule has 0 saturated heterocycles. The highest BCUT2D eigenvalue weighted by molar-refractivity contribution is 5.47. The molecule has 17 heavy (non-hydrogen) atoms. The molecule has 0 saturated carbocycles. The molecule has 0 atom stereocenters. The molecular formula is C13H21NO3. The Morgan fingerprint density at radius 1 is 1.06 bits per heavy atom. The Morgan fingerprint density at radius 3 is 2.59 bits per heavy atom. The van der Waals surface area contributed by atoms with E-state index in [0.717, 1.165) is 30.0 Å². The SMILES string of the molecule is COCCCOCCOc1cc(C)cc(N)c1. The summed E-state index contributed by atoms with van der Waals surface area (Å²) in [5.41, 5.74) is 7.54. The van der Waals surface area contributed by atoms with Crippen LogP contribution < -0.4 is 10.5 Å². The second-order valence-electron chi connectivity index (χ2n) is 3.89. The summed E-state index contributed by atoms with van der Waals surface area (Å²) in [6.45, 7) is 4.54. The molecule has 0 aromatic heterocycles. The lowest BCUT2D eigenvalue weighted by atomic mass is 10.2. The normalized spacial score (nSPS) is 10.5. The van der Waals surface area contributed by atoms with Gasteiger partial charge in [-0.25, -0.2) is 0 Å². The maximum Gasteiger partial charge on any atom is 0.121 e. The van der Waals surface area contributed by atoms with Crippen molar-refractivity contribution in [3.05, 3.63) is 23.8 Å². The Kier molecular flexibility index (Phi) is 6.43. The van der Waals surface area contributed by atoms with Crippen LogP contribution in [0.5, 0.6) is 5.75 Å². The molecule has 0 heterocycles. The molecular weight excluding hydrogens is 218 g/mol. The molecule has 0 aliphatic carbocycles. The van der Waals surface area contributed by atoms with Crippen molar-refractivity contribution in [2.75, 3.05) is 39.3 Å². The standard InChI is InChI=1S/C13H21NO3/c1-11-8-12(14)10-13(9-11)17-7-6-16-5-3-4-15-2/h8-10H,3-7,14H2,1-2H3. The molecule has 0 radical (unpaired) electrons. The van der Waals surface area contributed by atoms with Crippen molar-refractivity contribution in [2.45, 2.75) is 13.3 Å². The first-order valence-electron chi connectivity index (χ1n) is 5.79. The van der Waals surface area contributed by atoms with E-state index in [1.54, 1.807) is 7.11 Å². The van der Waals surface area contributed by atoms with E-state index < -0.39 is 0 Å². The van der Waals surface area contributed by atoms with Crippen LogP contribution >= 0.6 is 0 Å². The summed E-state index contributed by atoms with van der Waals surface area (Å²) in [7, 11) is 1.69. The number of ether oxygens (including phenoxy) is 3. The van der Waals surface area contributed by atoms with Gasteiger partial charge in [0.1, 0.15) is 12.4 Å². The highest BCUT2D eigenvalue weighted by Crippen LogP contribution is 2.17. The molecule has 0 aliphatic rings. The first-order valence-corrected chi connectivity index (χ1v) is 5.79. The van der Waals surface area contributed by atoms with Crippen LogP contribution in [0.15, 0.2) is 18.2 Å². The molecule has 4 heteroatoms. The van der Waals surface area contributed by atoms with Gasteiger partial charge < -0.3 is 19.9 Å². The predicted molar refractivity (Wildman–Crippen MR) is 68.4 cm³/mol. The van der Waals surface area contributed by atoms with Gasteiger partial charge in [-0.2, -0.15) is 0 Å². The number of nitrogen functional groups attached to an aromatic ring is 1. The summed E-state index contributed by atoms with van der Waals surface area (Å²) in [6.07, 6.45) is 0.911. The Hall–Kier alpha value is -1.26. The van der Waals surface area contributed by atoms with Crippen LogP contribution in [-0.4, -0.2) is 33.5 Å². The Morgan fingerprint density at radius 2 is 1.88 bits per heavy atom. The van der Waals surface area contributed by atoms with Crippen molar-refractivity contribution < 1.29 is 14.2 Å². The molecule has 1 aromatic carbocycles. The summed E-state index contributed by atoms with van der Waals surface area (Å²) >= 11 is 0. The molecule has 0 spiro atoms. The maximum atomic E-state index is 5.72. The Labute approximate surface area is 103 Å². The zero-order valence-corrected chi connectivity index (χ0v) is 10.6. The number of anilines is 1. The van der Waals surface area contributed by atoms with Crippen molar-refractivity contribution in [3.63, 3.8) is 0 Å². The second-order valence-corrected chi connectivity index (χ2v) is 3.89. The van der Waals surface area contributed by atoms with E-state index >= 15 is 0 Å². The van der Waals surface area contributed by atoms with Crippen LogP contribution in [0, 0.1) is 6.92 Å². The predicted octanol–water partition coefficient (Wildman–Crippen LogP) is 2.01. The fourth-order valence-corrected chi connectivity index (χ4v) is 1.49. The number of hydrogen-bond donors (Lipinski definition) is 1. The molecule has 96 valence electrons. The van der Waals surface area contributed by atoms with E-state index in [2.05, 4.69) is 0 Å². The fourth-order valence-electron chi connectivity index (χ4n) is 1.49. The van der Waals surface area contributed by atoms with Crippen LogP contribution in [-0.2, 0) is 9.47 Å². The zero-order valence-electron chi connectivity index (χ0n) is 10.6. The minimum atomic E-state index is 0.538. The highest BCUT2D eigenvalue weighted by atomic mass is 16.5. The third kappa shape index (κ3) is 6.14. The Bertz CT molecular complexity index is 308. The Balaban J connectivity index is 2.13. The van der Waals surface area contributed by atoms with Gasteiger partial charge in [0, 0.05) is 32.1 Å². The van der Waals surface area contributed by atoms with Gasteiger partial charge in [0.2, 0.25) is 0 Å². The average Bonchev–Trinajstić information content (AvgIpc) is 2.26. The molecule has 0 bridgehead atoms. The third-order valence-electron chi connectivity index (χ3n) is 2.21. The van der Waals surface area contributed by atoms with Gasteiger partial charge in [-0.15, -0.1) is 0 Å². The van der Waals surface area contributed by atoms with Crippen molar-refractivity contribution in [3.8, 4) is 5.75 Å². The monoisotopic (exact) mass is 239 g/mol. The average molecular weight is 239 g/mol. The lowest BCUT2D eigenvalue weighted by Crippen LogP contribution is -2.08. The minimum absolute atomic E-state index is 0.538. The summed E-state index contributed by atoms with van der Waals surface area (Å²) in [5, 5.41) is 0. The van der Waals surface area contributed by atoms with Gasteiger partial charge >= 0.3 is 0 Å². The lowest BCUT2D eigenvalue weighted by molar-refractivity contribution is 0.0806. The van der Waals surface area contributed by atoms with Gasteiger partial charge in [-0.3, -0.25) is 0 Å². The van der Waals surface area contributed by atoms with E-state index in [1.807, 2.05) is 25.1 Å². The van der Waals surface area contributed by atoms with Crippen molar-refractivity contribution >= 4 is 5.69 Å². The van der Waals surface area contributed by atoms with Gasteiger partial charge in [-0.1, -0.05) is 0 Å². The minimum Gasteiger partial charge on any atom is -0.491 e. The van der Waals surface area contributed by atoms with Crippen molar-refractivity contribution in [1.82, 2.24) is 0 Å². The highest BCUT2D eigenvalue weighted by Gasteiger charge is 1.97. The van der Waals surface area contributed by atoms with E-state index in [-0.39, 0.29) is 0 Å². The molecule has 4 nitrogen and oxygen atoms in total. The molecule has 0 unspecified atom stereocenters. The van der Waals surface area contributed by atoms with Gasteiger partial charge in [0.25, 0.3) is 0 Å². The third-order valence-corrected chi connectivity index (χ3v) is 2.21. The smallest absolute Gasteiger partial charge is 0.121 e. The van der Waals surface area contributed by atoms with Crippen LogP contribution in [0.1, 0.15) is 12.0 Å². The molecule has 1 aromatic rings. The van der Waals surface area contributed by atoms with E-state index in [1.165, 1.54) is 0 Å². The fraction of sp³-hybridized carbons (Fsp3) is 0.538. The van der Waals surface area contributed by atoms with Crippen LogP contribution in [0.2, 0.25) is 0 Å². The van der Waals surface area contributed by atoms with Crippen LogP contribution in [0.3, 0.4) is 0 Å². The number of benzene rings is 1. The summed E-state index contributed by atoms with van der Waals surface area (Å²) in [4.78, 5) is 0. The molecule has 0 amide bonds. The maximum absolute atomic E-state index is 5.72. The lowest BCUT2D eigenvalue weighted by Gasteiger charge is -2.08. The molecule has 2 N–H and O–H groups in total. The van der Waals surface area contributed by atoms with Crippen LogP contribution in [0.25, 0.3) is 0 Å². The molecule has 1 rings (SSSR count). The summed E-state index contributed by atoms with van der Waals surface area (Å²) < 4.78 is 15.8.